The fourth-order valence-corrected chi connectivity index (χ4v) is 1.93. The van der Waals surface area contributed by atoms with Crippen molar-refractivity contribution in [2.75, 3.05) is 10.6 Å². The zero-order chi connectivity index (χ0) is 14.0. The molecule has 0 aliphatic rings. The van der Waals surface area contributed by atoms with Crippen LogP contribution in [0.1, 0.15) is 17.0 Å². The van der Waals surface area contributed by atoms with Crippen molar-refractivity contribution >= 4 is 17.4 Å². The van der Waals surface area contributed by atoms with E-state index in [9.17, 15) is 4.79 Å². The summed E-state index contributed by atoms with van der Waals surface area (Å²) in [4.78, 5) is 12.0. The number of hydrogen-bond acceptors (Lipinski definition) is 2. The first-order chi connectivity index (χ1) is 8.99. The Morgan fingerprint density at radius 2 is 1.84 bits per heavy atom. The third-order valence-electron chi connectivity index (χ3n) is 3.14. The number of aryl methyl sites for hydroxylation is 3. The predicted molar refractivity (Wildman–Crippen MR) is 76.5 cm³/mol. The maximum atomic E-state index is 12.0. The maximum absolute atomic E-state index is 12.0. The molecule has 2 aromatic rings. The Morgan fingerprint density at radius 3 is 2.42 bits per heavy atom. The van der Waals surface area contributed by atoms with Crippen LogP contribution in [0.2, 0.25) is 0 Å². The van der Waals surface area contributed by atoms with E-state index in [1.807, 2.05) is 52.1 Å². The lowest BCUT2D eigenvalue weighted by Crippen LogP contribution is -2.20. The van der Waals surface area contributed by atoms with Gasteiger partial charge in [-0.25, -0.2) is 4.79 Å². The number of para-hydroxylation sites is 1. The van der Waals surface area contributed by atoms with Crippen molar-refractivity contribution < 1.29 is 4.79 Å². The average Bonchev–Trinajstić information content (AvgIpc) is 2.59. The van der Waals surface area contributed by atoms with Crippen LogP contribution in [0.4, 0.5) is 16.2 Å². The zero-order valence-electron chi connectivity index (χ0n) is 11.6. The summed E-state index contributed by atoms with van der Waals surface area (Å²) in [6, 6.07) is 7.40. The molecule has 0 saturated carbocycles. The Bertz CT molecular complexity index is 616. The molecule has 0 aliphatic heterocycles. The van der Waals surface area contributed by atoms with Crippen LogP contribution < -0.4 is 10.6 Å². The van der Waals surface area contributed by atoms with Crippen LogP contribution in [-0.4, -0.2) is 15.8 Å². The zero-order valence-corrected chi connectivity index (χ0v) is 11.6. The molecular weight excluding hydrogens is 240 g/mol. The number of benzene rings is 1. The van der Waals surface area contributed by atoms with Crippen LogP contribution >= 0.6 is 0 Å². The molecule has 0 bridgehead atoms. The van der Waals surface area contributed by atoms with Gasteiger partial charge in [0.15, 0.2) is 0 Å². The van der Waals surface area contributed by atoms with Crippen LogP contribution in [0.15, 0.2) is 24.3 Å². The second-order valence-electron chi connectivity index (χ2n) is 4.56. The number of carbonyl (C=O) groups is 1. The molecule has 2 N–H and O–H groups in total. The molecule has 0 fully saturated rings. The number of aromatic nitrogens is 2. The first-order valence-corrected chi connectivity index (χ1v) is 6.13. The molecule has 0 aliphatic carbocycles. The van der Waals surface area contributed by atoms with Crippen molar-refractivity contribution in [1.29, 1.82) is 0 Å². The van der Waals surface area contributed by atoms with Crippen LogP contribution in [0.3, 0.4) is 0 Å². The number of carbonyl (C=O) groups excluding carboxylic acids is 1. The molecule has 1 heterocycles. The fraction of sp³-hybridized carbons (Fsp3) is 0.286. The standard InChI is InChI=1S/C14H18N4O/c1-9-7-5-6-8-12(9)15-14(19)16-13-10(2)17-18(4)11(13)3/h5-8H,1-4H3,(H2,15,16,19). The van der Waals surface area contributed by atoms with Crippen molar-refractivity contribution in [2.45, 2.75) is 20.8 Å². The van der Waals surface area contributed by atoms with Crippen molar-refractivity contribution in [3.8, 4) is 0 Å². The Labute approximate surface area is 112 Å². The minimum absolute atomic E-state index is 0.256. The summed E-state index contributed by atoms with van der Waals surface area (Å²) in [6.07, 6.45) is 0. The van der Waals surface area contributed by atoms with Crippen LogP contribution in [0.25, 0.3) is 0 Å². The molecule has 0 saturated heterocycles. The van der Waals surface area contributed by atoms with E-state index in [1.54, 1.807) is 4.68 Å². The number of amides is 2. The number of nitrogens with zero attached hydrogens (tertiary/aromatic N) is 2. The Balaban J connectivity index is 2.12. The van der Waals surface area contributed by atoms with E-state index in [-0.39, 0.29) is 6.03 Å². The highest BCUT2D eigenvalue weighted by Gasteiger charge is 2.12. The number of hydrogen-bond donors (Lipinski definition) is 2. The number of nitrogens with one attached hydrogen (secondary N) is 2. The number of anilines is 2. The molecule has 2 amide bonds. The first kappa shape index (κ1) is 13.1. The summed E-state index contributed by atoms with van der Waals surface area (Å²) in [6.45, 7) is 5.75. The average molecular weight is 258 g/mol. The van der Waals surface area contributed by atoms with Gasteiger partial charge in [0.2, 0.25) is 0 Å². The molecule has 100 valence electrons. The third-order valence-corrected chi connectivity index (χ3v) is 3.14. The lowest BCUT2D eigenvalue weighted by molar-refractivity contribution is 0.262. The van der Waals surface area contributed by atoms with Gasteiger partial charge in [0.05, 0.1) is 17.1 Å². The lowest BCUT2D eigenvalue weighted by atomic mass is 10.2. The van der Waals surface area contributed by atoms with Crippen molar-refractivity contribution in [3.63, 3.8) is 0 Å². The van der Waals surface area contributed by atoms with Crippen molar-refractivity contribution in [1.82, 2.24) is 9.78 Å². The summed E-state index contributed by atoms with van der Waals surface area (Å²) in [5.41, 5.74) is 4.32. The Kier molecular flexibility index (Phi) is 3.55. The summed E-state index contributed by atoms with van der Waals surface area (Å²) < 4.78 is 1.75. The summed E-state index contributed by atoms with van der Waals surface area (Å²) in [7, 11) is 1.85. The molecule has 0 unspecified atom stereocenters. The number of rotatable bonds is 2. The Morgan fingerprint density at radius 1 is 1.16 bits per heavy atom. The topological polar surface area (TPSA) is 59.0 Å². The summed E-state index contributed by atoms with van der Waals surface area (Å²) >= 11 is 0. The minimum atomic E-state index is -0.256. The normalized spacial score (nSPS) is 10.3. The SMILES string of the molecule is Cc1ccccc1NC(=O)Nc1c(C)nn(C)c1C. The van der Waals surface area contributed by atoms with Gasteiger partial charge in [-0.3, -0.25) is 4.68 Å². The van der Waals surface area contributed by atoms with Crippen molar-refractivity contribution in [2.24, 2.45) is 7.05 Å². The molecule has 0 spiro atoms. The van der Waals surface area contributed by atoms with Gasteiger partial charge in [-0.1, -0.05) is 18.2 Å². The van der Waals surface area contributed by atoms with E-state index in [1.165, 1.54) is 0 Å². The predicted octanol–water partition coefficient (Wildman–Crippen LogP) is 2.99. The van der Waals surface area contributed by atoms with Gasteiger partial charge >= 0.3 is 6.03 Å². The van der Waals surface area contributed by atoms with E-state index in [2.05, 4.69) is 15.7 Å². The minimum Gasteiger partial charge on any atom is -0.307 e. The van der Waals surface area contributed by atoms with Gasteiger partial charge in [-0.05, 0) is 32.4 Å². The smallest absolute Gasteiger partial charge is 0.307 e. The van der Waals surface area contributed by atoms with E-state index < -0.39 is 0 Å². The molecule has 19 heavy (non-hydrogen) atoms. The van der Waals surface area contributed by atoms with Gasteiger partial charge in [-0.15, -0.1) is 0 Å². The Hall–Kier alpha value is -2.30. The highest BCUT2D eigenvalue weighted by molar-refractivity contribution is 6.00. The van der Waals surface area contributed by atoms with E-state index in [0.717, 1.165) is 28.3 Å². The lowest BCUT2D eigenvalue weighted by Gasteiger charge is -2.09. The largest absolute Gasteiger partial charge is 0.323 e. The van der Waals surface area contributed by atoms with E-state index in [4.69, 9.17) is 0 Å². The third kappa shape index (κ3) is 2.76. The van der Waals surface area contributed by atoms with Crippen LogP contribution in [-0.2, 0) is 7.05 Å². The van der Waals surface area contributed by atoms with Crippen molar-refractivity contribution in [3.05, 3.63) is 41.2 Å². The second-order valence-corrected chi connectivity index (χ2v) is 4.56. The highest BCUT2D eigenvalue weighted by Crippen LogP contribution is 2.19. The quantitative estimate of drug-likeness (QED) is 0.870. The van der Waals surface area contributed by atoms with E-state index in [0.29, 0.717) is 0 Å². The molecule has 0 atom stereocenters. The molecular formula is C14H18N4O. The van der Waals surface area contributed by atoms with Gasteiger partial charge in [0, 0.05) is 12.7 Å². The van der Waals surface area contributed by atoms with Gasteiger partial charge in [0.1, 0.15) is 0 Å². The van der Waals surface area contributed by atoms with E-state index >= 15 is 0 Å². The molecule has 0 radical (unpaired) electrons. The van der Waals surface area contributed by atoms with Gasteiger partial charge in [-0.2, -0.15) is 5.10 Å². The van der Waals surface area contributed by atoms with Crippen LogP contribution in [0.5, 0.6) is 0 Å². The second kappa shape index (κ2) is 5.14. The molecule has 5 heteroatoms. The molecule has 5 nitrogen and oxygen atoms in total. The number of urea groups is 1. The summed E-state index contributed by atoms with van der Waals surface area (Å²) in [5.74, 6) is 0. The maximum Gasteiger partial charge on any atom is 0.323 e. The molecule has 1 aromatic carbocycles. The van der Waals surface area contributed by atoms with Gasteiger partial charge in [0.25, 0.3) is 0 Å². The highest BCUT2D eigenvalue weighted by atomic mass is 16.2. The fourth-order valence-electron chi connectivity index (χ4n) is 1.93. The molecule has 2 rings (SSSR count). The van der Waals surface area contributed by atoms with Crippen LogP contribution in [0, 0.1) is 20.8 Å². The summed E-state index contributed by atoms with van der Waals surface area (Å²) in [5, 5.41) is 9.94. The van der Waals surface area contributed by atoms with Gasteiger partial charge < -0.3 is 10.6 Å². The monoisotopic (exact) mass is 258 g/mol. The molecule has 1 aromatic heterocycles. The first-order valence-electron chi connectivity index (χ1n) is 6.13.